The fourth-order valence-electron chi connectivity index (χ4n) is 3.79. The largest absolute Gasteiger partial charge is 0.369 e. The summed E-state index contributed by atoms with van der Waals surface area (Å²) in [4.78, 5) is 5.92. The van der Waals surface area contributed by atoms with Crippen LogP contribution < -0.4 is 4.90 Å². The summed E-state index contributed by atoms with van der Waals surface area (Å²) in [5.74, 6) is -0.907. The molecule has 0 amide bonds. The molecule has 154 valence electrons. The molecule has 0 spiro atoms. The van der Waals surface area contributed by atoms with Crippen molar-refractivity contribution in [2.75, 3.05) is 31.1 Å². The van der Waals surface area contributed by atoms with Crippen LogP contribution in [-0.4, -0.2) is 49.0 Å². The van der Waals surface area contributed by atoms with Crippen molar-refractivity contribution >= 4 is 26.6 Å². The highest BCUT2D eigenvalue weighted by Gasteiger charge is 2.32. The van der Waals surface area contributed by atoms with E-state index in [0.717, 1.165) is 12.1 Å². The molecule has 0 aliphatic carbocycles. The van der Waals surface area contributed by atoms with Crippen molar-refractivity contribution in [3.63, 3.8) is 0 Å². The Bertz CT molecular complexity index is 1160. The van der Waals surface area contributed by atoms with Gasteiger partial charge in [0.1, 0.15) is 27.7 Å². The standard InChI is InChI=1S/C19H20F2N4O3S/c1-12-19(13(2)28-23-12)29(26,27)25-9-3-8-24(10-11-25)16-6-7-22-18-15(21)5-4-14(20)17(16)18/h4-7H,3,8-11H2,1-2H3. The zero-order valence-corrected chi connectivity index (χ0v) is 16.8. The molecule has 1 aliphatic rings. The van der Waals surface area contributed by atoms with Gasteiger partial charge in [-0.25, -0.2) is 17.2 Å². The van der Waals surface area contributed by atoms with Gasteiger partial charge in [-0.05, 0) is 38.5 Å². The molecule has 3 aromatic rings. The van der Waals surface area contributed by atoms with Gasteiger partial charge in [-0.3, -0.25) is 4.98 Å². The Morgan fingerprint density at radius 3 is 2.52 bits per heavy atom. The van der Waals surface area contributed by atoms with E-state index in [9.17, 15) is 17.2 Å². The third kappa shape index (κ3) is 3.36. The minimum atomic E-state index is -3.76. The molecule has 0 bridgehead atoms. The van der Waals surface area contributed by atoms with Gasteiger partial charge >= 0.3 is 0 Å². The van der Waals surface area contributed by atoms with Crippen LogP contribution in [0.3, 0.4) is 0 Å². The Morgan fingerprint density at radius 2 is 1.79 bits per heavy atom. The zero-order valence-electron chi connectivity index (χ0n) is 16.0. The quantitative estimate of drug-likeness (QED) is 0.646. The van der Waals surface area contributed by atoms with Crippen LogP contribution in [0.25, 0.3) is 10.9 Å². The molecule has 0 N–H and O–H groups in total. The number of hydrogen-bond donors (Lipinski definition) is 0. The topological polar surface area (TPSA) is 79.5 Å². The van der Waals surface area contributed by atoms with Crippen molar-refractivity contribution in [3.8, 4) is 0 Å². The van der Waals surface area contributed by atoms with Gasteiger partial charge in [0.15, 0.2) is 5.76 Å². The summed E-state index contributed by atoms with van der Waals surface area (Å²) in [7, 11) is -3.76. The molecule has 0 atom stereocenters. The molecule has 1 saturated heterocycles. The lowest BCUT2D eigenvalue weighted by Crippen LogP contribution is -2.35. The van der Waals surface area contributed by atoms with Crippen LogP contribution in [0.5, 0.6) is 0 Å². The maximum absolute atomic E-state index is 14.5. The summed E-state index contributed by atoms with van der Waals surface area (Å²) in [6.45, 7) is 4.50. The molecule has 1 fully saturated rings. The van der Waals surface area contributed by atoms with Crippen molar-refractivity contribution in [1.29, 1.82) is 0 Å². The van der Waals surface area contributed by atoms with Crippen molar-refractivity contribution < 1.29 is 21.7 Å². The van der Waals surface area contributed by atoms with E-state index in [1.807, 2.05) is 4.90 Å². The number of sulfonamides is 1. The zero-order chi connectivity index (χ0) is 20.8. The SMILES string of the molecule is Cc1noc(C)c1S(=O)(=O)N1CCCN(c2ccnc3c(F)ccc(F)c23)CC1. The van der Waals surface area contributed by atoms with Crippen molar-refractivity contribution in [3.05, 3.63) is 47.5 Å². The lowest BCUT2D eigenvalue weighted by atomic mass is 10.1. The van der Waals surface area contributed by atoms with Gasteiger partial charge in [-0.2, -0.15) is 4.31 Å². The number of fused-ring (bicyclic) bond motifs is 1. The van der Waals surface area contributed by atoms with Crippen LogP contribution in [0, 0.1) is 25.5 Å². The molecule has 0 unspecified atom stereocenters. The monoisotopic (exact) mass is 422 g/mol. The Balaban J connectivity index is 1.66. The van der Waals surface area contributed by atoms with Gasteiger partial charge in [-0.15, -0.1) is 0 Å². The second kappa shape index (κ2) is 7.34. The molecule has 0 radical (unpaired) electrons. The first-order valence-electron chi connectivity index (χ1n) is 9.21. The summed E-state index contributed by atoms with van der Waals surface area (Å²) in [6.07, 6.45) is 1.97. The normalized spacial score (nSPS) is 16.3. The number of anilines is 1. The number of hydrogen-bond acceptors (Lipinski definition) is 6. The summed E-state index contributed by atoms with van der Waals surface area (Å²) >= 11 is 0. The Morgan fingerprint density at radius 1 is 1.03 bits per heavy atom. The molecule has 2 aromatic heterocycles. The van der Waals surface area contributed by atoms with Gasteiger partial charge in [0.2, 0.25) is 10.0 Å². The lowest BCUT2D eigenvalue weighted by molar-refractivity contribution is 0.389. The first kappa shape index (κ1) is 19.7. The predicted octanol–water partition coefficient (Wildman–Crippen LogP) is 3.02. The van der Waals surface area contributed by atoms with E-state index < -0.39 is 21.7 Å². The van der Waals surface area contributed by atoms with Gasteiger partial charge < -0.3 is 9.42 Å². The minimum Gasteiger partial charge on any atom is -0.369 e. The molecule has 0 saturated carbocycles. The highest BCUT2D eigenvalue weighted by molar-refractivity contribution is 7.89. The molecule has 7 nitrogen and oxygen atoms in total. The van der Waals surface area contributed by atoms with Gasteiger partial charge in [-0.1, -0.05) is 5.16 Å². The van der Waals surface area contributed by atoms with Crippen LogP contribution >= 0.6 is 0 Å². The first-order chi connectivity index (χ1) is 13.8. The molecular formula is C19H20F2N4O3S. The molecule has 3 heterocycles. The number of aryl methyl sites for hydroxylation is 2. The lowest BCUT2D eigenvalue weighted by Gasteiger charge is -2.25. The summed E-state index contributed by atoms with van der Waals surface area (Å²) in [5, 5.41) is 3.85. The van der Waals surface area contributed by atoms with E-state index in [0.29, 0.717) is 37.4 Å². The second-order valence-electron chi connectivity index (χ2n) is 6.98. The van der Waals surface area contributed by atoms with Gasteiger partial charge in [0.05, 0.1) is 11.1 Å². The number of aromatic nitrogens is 2. The van der Waals surface area contributed by atoms with Crippen molar-refractivity contribution in [2.45, 2.75) is 25.2 Å². The third-order valence-corrected chi connectivity index (χ3v) is 7.28. The molecule has 1 aromatic carbocycles. The average Bonchev–Trinajstić information content (AvgIpc) is 2.90. The van der Waals surface area contributed by atoms with E-state index in [4.69, 9.17) is 4.52 Å². The number of benzene rings is 1. The fraction of sp³-hybridized carbons (Fsp3) is 0.368. The third-order valence-electron chi connectivity index (χ3n) is 5.13. The van der Waals surface area contributed by atoms with E-state index in [-0.39, 0.29) is 28.1 Å². The smallest absolute Gasteiger partial charge is 0.248 e. The number of nitrogens with zero attached hydrogens (tertiary/aromatic N) is 4. The first-order valence-corrected chi connectivity index (χ1v) is 10.7. The number of pyridine rings is 1. The van der Waals surface area contributed by atoms with Crippen molar-refractivity contribution in [2.24, 2.45) is 0 Å². The minimum absolute atomic E-state index is 0.0352. The fourth-order valence-corrected chi connectivity index (χ4v) is 5.55. The van der Waals surface area contributed by atoms with E-state index in [2.05, 4.69) is 10.1 Å². The summed E-state index contributed by atoms with van der Waals surface area (Å²) in [5.41, 5.74) is 0.789. The average molecular weight is 422 g/mol. The van der Waals surface area contributed by atoms with E-state index >= 15 is 0 Å². The second-order valence-corrected chi connectivity index (χ2v) is 8.86. The van der Waals surface area contributed by atoms with Crippen LogP contribution in [-0.2, 0) is 10.0 Å². The van der Waals surface area contributed by atoms with Gasteiger partial charge in [0, 0.05) is 32.4 Å². The molecule has 10 heteroatoms. The highest BCUT2D eigenvalue weighted by Crippen LogP contribution is 2.31. The molecule has 4 rings (SSSR count). The predicted molar refractivity (Wildman–Crippen MR) is 103 cm³/mol. The van der Waals surface area contributed by atoms with Crippen molar-refractivity contribution in [1.82, 2.24) is 14.4 Å². The van der Waals surface area contributed by atoms with Crippen LogP contribution in [0.15, 0.2) is 33.8 Å². The van der Waals surface area contributed by atoms with Crippen LogP contribution in [0.1, 0.15) is 17.9 Å². The summed E-state index contributed by atoms with van der Waals surface area (Å²) < 4.78 is 61.1. The maximum Gasteiger partial charge on any atom is 0.248 e. The number of halogens is 2. The maximum atomic E-state index is 14.5. The number of rotatable bonds is 3. The molecule has 1 aliphatic heterocycles. The van der Waals surface area contributed by atoms with E-state index in [1.165, 1.54) is 10.5 Å². The molecule has 29 heavy (non-hydrogen) atoms. The Kier molecular flexibility index (Phi) is 4.99. The summed E-state index contributed by atoms with van der Waals surface area (Å²) in [6, 6.07) is 3.76. The van der Waals surface area contributed by atoms with Crippen LogP contribution in [0.4, 0.5) is 14.5 Å². The Labute approximate surface area is 167 Å². The van der Waals surface area contributed by atoms with Gasteiger partial charge in [0.25, 0.3) is 0 Å². The van der Waals surface area contributed by atoms with E-state index in [1.54, 1.807) is 19.9 Å². The highest BCUT2D eigenvalue weighted by atomic mass is 32.2. The van der Waals surface area contributed by atoms with Crippen LogP contribution in [0.2, 0.25) is 0 Å². The Hall–Kier alpha value is -2.59. The molecular weight excluding hydrogens is 402 g/mol.